The highest BCUT2D eigenvalue weighted by Crippen LogP contribution is 2.08. The first-order chi connectivity index (χ1) is 11.5. The lowest BCUT2D eigenvalue weighted by molar-refractivity contribution is 0.598. The van der Waals surface area contributed by atoms with E-state index >= 15 is 0 Å². The molecule has 0 aliphatic rings. The van der Waals surface area contributed by atoms with Gasteiger partial charge < -0.3 is 10.6 Å². The molecule has 0 saturated heterocycles. The SMILES string of the molecule is CN=C(NCCc1ccc(S(N)(=O)=O)cc1)NCc1ccccn1. The van der Waals surface area contributed by atoms with Gasteiger partial charge in [-0.2, -0.15) is 0 Å². The molecule has 0 radical (unpaired) electrons. The molecule has 0 bridgehead atoms. The summed E-state index contributed by atoms with van der Waals surface area (Å²) < 4.78 is 22.4. The molecule has 0 unspecified atom stereocenters. The first-order valence-corrected chi connectivity index (χ1v) is 9.00. The molecule has 1 aromatic heterocycles. The zero-order valence-corrected chi connectivity index (χ0v) is 14.3. The van der Waals surface area contributed by atoms with Crippen molar-refractivity contribution in [2.45, 2.75) is 17.9 Å². The maximum absolute atomic E-state index is 11.2. The van der Waals surface area contributed by atoms with Crippen molar-refractivity contribution in [3.8, 4) is 0 Å². The van der Waals surface area contributed by atoms with Crippen molar-refractivity contribution in [2.75, 3.05) is 13.6 Å². The summed E-state index contributed by atoms with van der Waals surface area (Å²) in [5.74, 6) is 0.682. The Bertz CT molecular complexity index is 774. The Hall–Kier alpha value is -2.45. The number of benzene rings is 1. The number of pyridine rings is 1. The van der Waals surface area contributed by atoms with Gasteiger partial charge in [-0.1, -0.05) is 18.2 Å². The van der Waals surface area contributed by atoms with Crippen LogP contribution >= 0.6 is 0 Å². The van der Waals surface area contributed by atoms with E-state index < -0.39 is 10.0 Å². The van der Waals surface area contributed by atoms with E-state index in [2.05, 4.69) is 20.6 Å². The van der Waals surface area contributed by atoms with E-state index in [1.807, 2.05) is 18.2 Å². The topological polar surface area (TPSA) is 109 Å². The summed E-state index contributed by atoms with van der Waals surface area (Å²) in [5, 5.41) is 11.5. The number of nitrogens with two attached hydrogens (primary N) is 1. The third kappa shape index (κ3) is 5.64. The lowest BCUT2D eigenvalue weighted by Gasteiger charge is -2.11. The van der Waals surface area contributed by atoms with Crippen molar-refractivity contribution in [1.82, 2.24) is 15.6 Å². The third-order valence-electron chi connectivity index (χ3n) is 3.34. The van der Waals surface area contributed by atoms with Gasteiger partial charge in [0.1, 0.15) is 0 Å². The maximum Gasteiger partial charge on any atom is 0.238 e. The quantitative estimate of drug-likeness (QED) is 0.525. The average molecular weight is 347 g/mol. The predicted molar refractivity (Wildman–Crippen MR) is 94.0 cm³/mol. The zero-order chi connectivity index (χ0) is 17.4. The van der Waals surface area contributed by atoms with Crippen molar-refractivity contribution < 1.29 is 8.42 Å². The minimum absolute atomic E-state index is 0.118. The molecule has 2 rings (SSSR count). The molecule has 0 spiro atoms. The third-order valence-corrected chi connectivity index (χ3v) is 4.27. The highest BCUT2D eigenvalue weighted by molar-refractivity contribution is 7.89. The highest BCUT2D eigenvalue weighted by atomic mass is 32.2. The van der Waals surface area contributed by atoms with Crippen LogP contribution < -0.4 is 15.8 Å². The molecule has 0 saturated carbocycles. The fraction of sp³-hybridized carbons (Fsp3) is 0.250. The molecular formula is C16H21N5O2S. The number of aromatic nitrogens is 1. The van der Waals surface area contributed by atoms with Crippen LogP contribution in [0.5, 0.6) is 0 Å². The molecule has 0 aliphatic heterocycles. The summed E-state index contributed by atoms with van der Waals surface area (Å²) >= 11 is 0. The molecule has 24 heavy (non-hydrogen) atoms. The second-order valence-electron chi connectivity index (χ2n) is 5.11. The molecule has 128 valence electrons. The predicted octanol–water partition coefficient (Wildman–Crippen LogP) is 0.637. The summed E-state index contributed by atoms with van der Waals surface area (Å²) in [5.41, 5.74) is 1.94. The summed E-state index contributed by atoms with van der Waals surface area (Å²) in [6, 6.07) is 12.3. The first-order valence-electron chi connectivity index (χ1n) is 7.45. The maximum atomic E-state index is 11.2. The molecule has 4 N–H and O–H groups in total. The van der Waals surface area contributed by atoms with Gasteiger partial charge >= 0.3 is 0 Å². The molecule has 0 atom stereocenters. The van der Waals surface area contributed by atoms with Gasteiger partial charge in [-0.05, 0) is 36.2 Å². The minimum Gasteiger partial charge on any atom is -0.356 e. The van der Waals surface area contributed by atoms with E-state index in [4.69, 9.17) is 5.14 Å². The van der Waals surface area contributed by atoms with Gasteiger partial charge in [-0.15, -0.1) is 0 Å². The molecule has 0 amide bonds. The van der Waals surface area contributed by atoms with Crippen LogP contribution in [0.4, 0.5) is 0 Å². The number of hydrogen-bond acceptors (Lipinski definition) is 4. The molecule has 1 aromatic carbocycles. The number of guanidine groups is 1. The Kier molecular flexibility index (Phi) is 6.28. The van der Waals surface area contributed by atoms with E-state index in [1.54, 1.807) is 25.4 Å². The van der Waals surface area contributed by atoms with Crippen LogP contribution in [0.3, 0.4) is 0 Å². The Morgan fingerprint density at radius 2 is 1.92 bits per heavy atom. The van der Waals surface area contributed by atoms with Crippen molar-refractivity contribution in [2.24, 2.45) is 10.1 Å². The fourth-order valence-corrected chi connectivity index (χ4v) is 2.58. The Balaban J connectivity index is 1.79. The van der Waals surface area contributed by atoms with Crippen LogP contribution in [-0.2, 0) is 23.0 Å². The van der Waals surface area contributed by atoms with E-state index in [9.17, 15) is 8.42 Å². The van der Waals surface area contributed by atoms with Crippen molar-refractivity contribution >= 4 is 16.0 Å². The van der Waals surface area contributed by atoms with Gasteiger partial charge in [0.05, 0.1) is 17.1 Å². The summed E-state index contributed by atoms with van der Waals surface area (Å²) in [7, 11) is -1.94. The monoisotopic (exact) mass is 347 g/mol. The highest BCUT2D eigenvalue weighted by Gasteiger charge is 2.06. The van der Waals surface area contributed by atoms with E-state index in [0.717, 1.165) is 17.7 Å². The van der Waals surface area contributed by atoms with Crippen LogP contribution in [0, 0.1) is 0 Å². The van der Waals surface area contributed by atoms with Gasteiger partial charge in [-0.3, -0.25) is 9.98 Å². The standard InChI is InChI=1S/C16H21N5O2S/c1-18-16(21-12-14-4-2-3-10-19-14)20-11-9-13-5-7-15(8-6-13)24(17,22)23/h2-8,10H,9,11-12H2,1H3,(H2,17,22,23)(H2,18,20,21). The normalized spacial score (nSPS) is 12.0. The minimum atomic E-state index is -3.64. The lowest BCUT2D eigenvalue weighted by Crippen LogP contribution is -2.38. The fourth-order valence-electron chi connectivity index (χ4n) is 2.07. The molecule has 0 aliphatic carbocycles. The van der Waals surface area contributed by atoms with Crippen LogP contribution in [0.2, 0.25) is 0 Å². The van der Waals surface area contributed by atoms with Gasteiger partial charge in [0.15, 0.2) is 5.96 Å². The number of hydrogen-bond donors (Lipinski definition) is 3. The van der Waals surface area contributed by atoms with E-state index in [0.29, 0.717) is 19.0 Å². The average Bonchev–Trinajstić information content (AvgIpc) is 2.58. The largest absolute Gasteiger partial charge is 0.356 e. The number of aliphatic imine (C=N–C) groups is 1. The molecule has 7 nitrogen and oxygen atoms in total. The molecule has 2 aromatic rings. The number of rotatable bonds is 6. The molecule has 0 fully saturated rings. The molecule has 8 heteroatoms. The zero-order valence-electron chi connectivity index (χ0n) is 13.4. The van der Waals surface area contributed by atoms with Crippen LogP contribution in [0.15, 0.2) is 58.5 Å². The van der Waals surface area contributed by atoms with E-state index in [-0.39, 0.29) is 4.90 Å². The van der Waals surface area contributed by atoms with Gasteiger partial charge in [-0.25, -0.2) is 13.6 Å². The number of primary sulfonamides is 1. The summed E-state index contributed by atoms with van der Waals surface area (Å²) in [6.45, 7) is 1.25. The number of nitrogens with zero attached hydrogens (tertiary/aromatic N) is 2. The van der Waals surface area contributed by atoms with E-state index in [1.165, 1.54) is 12.1 Å². The Labute approximate surface area is 142 Å². The smallest absolute Gasteiger partial charge is 0.238 e. The van der Waals surface area contributed by atoms with Gasteiger partial charge in [0.2, 0.25) is 10.0 Å². The van der Waals surface area contributed by atoms with Gasteiger partial charge in [0, 0.05) is 19.8 Å². The summed E-state index contributed by atoms with van der Waals surface area (Å²) in [6.07, 6.45) is 2.48. The second kappa shape index (κ2) is 8.42. The summed E-state index contributed by atoms with van der Waals surface area (Å²) in [4.78, 5) is 8.51. The molecule has 1 heterocycles. The lowest BCUT2D eigenvalue weighted by atomic mass is 10.1. The van der Waals surface area contributed by atoms with Crippen LogP contribution in [0.25, 0.3) is 0 Å². The van der Waals surface area contributed by atoms with Crippen molar-refractivity contribution in [3.63, 3.8) is 0 Å². The van der Waals surface area contributed by atoms with Crippen LogP contribution in [-0.4, -0.2) is 33.0 Å². The Morgan fingerprint density at radius 1 is 1.17 bits per heavy atom. The molecular weight excluding hydrogens is 326 g/mol. The van der Waals surface area contributed by atoms with Gasteiger partial charge in [0.25, 0.3) is 0 Å². The number of sulfonamides is 1. The van der Waals surface area contributed by atoms with Crippen molar-refractivity contribution in [3.05, 3.63) is 59.9 Å². The second-order valence-corrected chi connectivity index (χ2v) is 6.67. The van der Waals surface area contributed by atoms with Crippen molar-refractivity contribution in [1.29, 1.82) is 0 Å². The number of nitrogens with one attached hydrogen (secondary N) is 2. The Morgan fingerprint density at radius 3 is 2.50 bits per heavy atom. The van der Waals surface area contributed by atoms with Crippen LogP contribution in [0.1, 0.15) is 11.3 Å². The first kappa shape index (κ1) is 17.9.